The van der Waals surface area contributed by atoms with Crippen LogP contribution in [0.3, 0.4) is 0 Å². The largest absolute Gasteiger partial charge is 0.423 e. The highest BCUT2D eigenvalue weighted by Gasteiger charge is 2.22. The number of non-ortho nitro benzene ring substituents is 1. The summed E-state index contributed by atoms with van der Waals surface area (Å²) in [5.41, 5.74) is 7.33. The monoisotopic (exact) mass is 486 g/mol. The molecule has 3 aromatic carbocycles. The third kappa shape index (κ3) is 5.92. The summed E-state index contributed by atoms with van der Waals surface area (Å²) in [6.07, 6.45) is 0.0434. The lowest BCUT2D eigenvalue weighted by Crippen LogP contribution is -2.45. The summed E-state index contributed by atoms with van der Waals surface area (Å²) >= 11 is 0. The summed E-state index contributed by atoms with van der Waals surface area (Å²) in [7, 11) is 0. The third-order valence-corrected chi connectivity index (χ3v) is 5.49. The van der Waals surface area contributed by atoms with Gasteiger partial charge in [0.15, 0.2) is 0 Å². The first kappa shape index (κ1) is 24.1. The maximum absolute atomic E-state index is 13.1. The first-order valence-electron chi connectivity index (χ1n) is 11.0. The van der Waals surface area contributed by atoms with Crippen molar-refractivity contribution < 1.29 is 18.9 Å². The van der Waals surface area contributed by atoms with E-state index in [-0.39, 0.29) is 24.1 Å². The first-order chi connectivity index (χ1) is 17.3. The maximum atomic E-state index is 13.1. The SMILES string of the molecule is Nc1ccc2c(CC(=O)N[C@@H](Cc3ccccc3)C(=O)Nc3ccc([N+](=O)[O-])cc3)cc(=O)oc2c1. The van der Waals surface area contributed by atoms with Crippen LogP contribution in [-0.2, 0) is 22.4 Å². The fraction of sp³-hybridized carbons (Fsp3) is 0.115. The van der Waals surface area contributed by atoms with E-state index < -0.39 is 28.4 Å². The molecule has 0 saturated heterocycles. The normalized spacial score (nSPS) is 11.6. The molecule has 0 radical (unpaired) electrons. The minimum absolute atomic E-state index is 0.108. The van der Waals surface area contributed by atoms with Crippen LogP contribution in [0.15, 0.2) is 88.1 Å². The molecule has 0 spiro atoms. The highest BCUT2D eigenvalue weighted by molar-refractivity contribution is 5.98. The van der Waals surface area contributed by atoms with Gasteiger partial charge in [-0.3, -0.25) is 19.7 Å². The molecule has 0 unspecified atom stereocenters. The minimum atomic E-state index is -0.947. The molecular formula is C26H22N4O6. The summed E-state index contributed by atoms with van der Waals surface area (Å²) in [4.78, 5) is 48.4. The van der Waals surface area contributed by atoms with Crippen LogP contribution in [0, 0.1) is 10.1 Å². The van der Waals surface area contributed by atoms with Crippen molar-refractivity contribution in [2.45, 2.75) is 18.9 Å². The van der Waals surface area contributed by atoms with Gasteiger partial charge in [0.25, 0.3) is 5.69 Å². The van der Waals surface area contributed by atoms with Gasteiger partial charge in [-0.25, -0.2) is 4.79 Å². The van der Waals surface area contributed by atoms with Gasteiger partial charge in [-0.2, -0.15) is 0 Å². The molecule has 36 heavy (non-hydrogen) atoms. The van der Waals surface area contributed by atoms with E-state index in [1.165, 1.54) is 36.4 Å². The van der Waals surface area contributed by atoms with Gasteiger partial charge in [0, 0.05) is 47.4 Å². The van der Waals surface area contributed by atoms with Crippen LogP contribution in [0.25, 0.3) is 11.0 Å². The molecule has 0 fully saturated rings. The molecule has 0 bridgehead atoms. The second-order valence-corrected chi connectivity index (χ2v) is 8.13. The Morgan fingerprint density at radius 3 is 2.42 bits per heavy atom. The number of carbonyl (C=O) groups excluding carboxylic acids is 2. The van der Waals surface area contributed by atoms with Gasteiger partial charge in [-0.15, -0.1) is 0 Å². The summed E-state index contributed by atoms with van der Waals surface area (Å²) in [6, 6.07) is 19.6. The molecule has 0 aliphatic carbocycles. The van der Waals surface area contributed by atoms with Gasteiger partial charge in [0.2, 0.25) is 11.8 Å². The number of fused-ring (bicyclic) bond motifs is 1. The Bertz CT molecular complexity index is 1480. The maximum Gasteiger partial charge on any atom is 0.336 e. The molecule has 10 nitrogen and oxygen atoms in total. The molecule has 0 aliphatic heterocycles. The van der Waals surface area contributed by atoms with Gasteiger partial charge in [0.05, 0.1) is 11.3 Å². The number of carbonyl (C=O) groups is 2. The fourth-order valence-corrected chi connectivity index (χ4v) is 3.77. The minimum Gasteiger partial charge on any atom is -0.423 e. The van der Waals surface area contributed by atoms with Crippen LogP contribution in [0.1, 0.15) is 11.1 Å². The fourth-order valence-electron chi connectivity index (χ4n) is 3.77. The summed E-state index contributed by atoms with van der Waals surface area (Å²) in [6.45, 7) is 0. The summed E-state index contributed by atoms with van der Waals surface area (Å²) in [5.74, 6) is -0.968. The van der Waals surface area contributed by atoms with Crippen LogP contribution < -0.4 is 22.0 Å². The second-order valence-electron chi connectivity index (χ2n) is 8.13. The third-order valence-electron chi connectivity index (χ3n) is 5.49. The van der Waals surface area contributed by atoms with E-state index in [0.29, 0.717) is 22.3 Å². The lowest BCUT2D eigenvalue weighted by Gasteiger charge is -2.19. The van der Waals surface area contributed by atoms with Gasteiger partial charge < -0.3 is 20.8 Å². The Morgan fingerprint density at radius 2 is 1.72 bits per heavy atom. The van der Waals surface area contributed by atoms with Crippen molar-refractivity contribution in [3.63, 3.8) is 0 Å². The number of nitro benzene ring substituents is 1. The summed E-state index contributed by atoms with van der Waals surface area (Å²) in [5, 5.41) is 16.9. The highest BCUT2D eigenvalue weighted by atomic mass is 16.6. The Kier molecular flexibility index (Phi) is 7.05. The second kappa shape index (κ2) is 10.5. The Morgan fingerprint density at radius 1 is 1.00 bits per heavy atom. The number of nitrogens with zero attached hydrogens (tertiary/aromatic N) is 1. The molecule has 2 amide bonds. The average Bonchev–Trinajstić information content (AvgIpc) is 2.84. The molecule has 1 heterocycles. The molecule has 0 saturated carbocycles. The van der Waals surface area contributed by atoms with Crippen LogP contribution in [0.5, 0.6) is 0 Å². The van der Waals surface area contributed by atoms with Crippen LogP contribution in [-0.4, -0.2) is 22.8 Å². The van der Waals surface area contributed by atoms with Crippen molar-refractivity contribution in [3.8, 4) is 0 Å². The van der Waals surface area contributed by atoms with Gasteiger partial charge in [0.1, 0.15) is 11.6 Å². The standard InChI is InChI=1S/C26H22N4O6/c27-18-6-11-21-17(14-25(32)36-23(21)15-18)13-24(31)29-22(12-16-4-2-1-3-5-16)26(33)28-19-7-9-20(10-8-19)30(34)35/h1-11,14-15,22H,12-13,27H2,(H,28,33)(H,29,31)/t22-/m0/s1. The van der Waals surface area contributed by atoms with Crippen LogP contribution in [0.2, 0.25) is 0 Å². The number of rotatable bonds is 8. The number of benzene rings is 3. The van der Waals surface area contributed by atoms with Crippen molar-refractivity contribution in [3.05, 3.63) is 111 Å². The molecule has 4 rings (SSSR count). The van der Waals surface area contributed by atoms with E-state index in [2.05, 4.69) is 10.6 Å². The number of hydrogen-bond donors (Lipinski definition) is 3. The van der Waals surface area contributed by atoms with E-state index in [1.54, 1.807) is 12.1 Å². The van der Waals surface area contributed by atoms with E-state index in [9.17, 15) is 24.5 Å². The molecule has 4 N–H and O–H groups in total. The van der Waals surface area contributed by atoms with Gasteiger partial charge >= 0.3 is 5.63 Å². The first-order valence-corrected chi connectivity index (χ1v) is 11.0. The van der Waals surface area contributed by atoms with Crippen LogP contribution in [0.4, 0.5) is 17.1 Å². The number of hydrogen-bond acceptors (Lipinski definition) is 7. The van der Waals surface area contributed by atoms with E-state index in [0.717, 1.165) is 5.56 Å². The van der Waals surface area contributed by atoms with Crippen molar-refractivity contribution in [2.24, 2.45) is 0 Å². The van der Waals surface area contributed by atoms with Crippen molar-refractivity contribution in [2.75, 3.05) is 11.1 Å². The van der Waals surface area contributed by atoms with Gasteiger partial charge in [-0.1, -0.05) is 30.3 Å². The van der Waals surface area contributed by atoms with Crippen molar-refractivity contribution in [1.82, 2.24) is 5.32 Å². The molecule has 10 heteroatoms. The number of anilines is 2. The topological polar surface area (TPSA) is 158 Å². The molecule has 1 atom stereocenters. The zero-order valence-corrected chi connectivity index (χ0v) is 19.0. The molecule has 1 aromatic heterocycles. The quantitative estimate of drug-likeness (QED) is 0.149. The van der Waals surface area contributed by atoms with E-state index in [4.69, 9.17) is 10.2 Å². The van der Waals surface area contributed by atoms with Gasteiger partial charge in [-0.05, 0) is 35.4 Å². The zero-order chi connectivity index (χ0) is 25.7. The number of amides is 2. The molecule has 182 valence electrons. The lowest BCUT2D eigenvalue weighted by molar-refractivity contribution is -0.384. The smallest absolute Gasteiger partial charge is 0.336 e. The Balaban J connectivity index is 1.54. The van der Waals surface area contributed by atoms with Crippen molar-refractivity contribution >= 4 is 39.8 Å². The van der Waals surface area contributed by atoms with E-state index in [1.807, 2.05) is 30.3 Å². The molecule has 0 aliphatic rings. The number of nitrogens with two attached hydrogens (primary N) is 1. The highest BCUT2D eigenvalue weighted by Crippen LogP contribution is 2.20. The van der Waals surface area contributed by atoms with E-state index >= 15 is 0 Å². The number of nitro groups is 1. The predicted octanol–water partition coefficient (Wildman–Crippen LogP) is 3.19. The molecular weight excluding hydrogens is 464 g/mol. The number of nitrogens with one attached hydrogen (secondary N) is 2. The number of nitrogen functional groups attached to an aromatic ring is 1. The average molecular weight is 486 g/mol. The zero-order valence-electron chi connectivity index (χ0n) is 19.0. The van der Waals surface area contributed by atoms with Crippen molar-refractivity contribution in [1.29, 1.82) is 0 Å². The molecule has 4 aromatic rings. The Labute approximate surface area is 204 Å². The van der Waals surface area contributed by atoms with Crippen LogP contribution >= 0.6 is 0 Å². The lowest BCUT2D eigenvalue weighted by atomic mass is 10.0. The summed E-state index contributed by atoms with van der Waals surface area (Å²) < 4.78 is 5.18. The predicted molar refractivity (Wildman–Crippen MR) is 134 cm³/mol. The Hall–Kier alpha value is -4.99.